The molecule has 0 heterocycles. The molecule has 0 saturated carbocycles. The van der Waals surface area contributed by atoms with E-state index in [1.807, 2.05) is 0 Å². The number of esters is 1. The van der Waals surface area contributed by atoms with Crippen molar-refractivity contribution in [2.24, 2.45) is 4.99 Å². The van der Waals surface area contributed by atoms with Gasteiger partial charge in [-0.25, -0.2) is 9.18 Å². The molecule has 0 aromatic heterocycles. The number of methoxy groups -OCH3 is 1. The minimum absolute atomic E-state index is 0.0544. The van der Waals surface area contributed by atoms with Crippen molar-refractivity contribution < 1.29 is 27.1 Å². The molecule has 0 spiro atoms. The van der Waals surface area contributed by atoms with E-state index in [1.54, 1.807) is 18.2 Å². The maximum Gasteiger partial charge on any atom is 0.398 e. The van der Waals surface area contributed by atoms with Crippen LogP contribution in [0.25, 0.3) is 0 Å². The molecule has 2 aromatic carbocycles. The minimum atomic E-state index is -4.38. The Morgan fingerprint density at radius 1 is 1.31 bits per heavy atom. The third-order valence-corrected chi connectivity index (χ3v) is 4.65. The van der Waals surface area contributed by atoms with Crippen molar-refractivity contribution in [2.75, 3.05) is 12.9 Å². The third-order valence-electron chi connectivity index (χ3n) is 3.10. The Labute approximate surface area is 156 Å². The van der Waals surface area contributed by atoms with Crippen LogP contribution in [-0.2, 0) is 4.74 Å². The zero-order valence-corrected chi connectivity index (χ0v) is 14.9. The van der Waals surface area contributed by atoms with Crippen LogP contribution < -0.4 is 0 Å². The number of alkyl halides is 3. The Morgan fingerprint density at radius 2 is 2.00 bits per heavy atom. The summed E-state index contributed by atoms with van der Waals surface area (Å²) in [6, 6.07) is 8.39. The molecule has 0 atom stereocenters. The third kappa shape index (κ3) is 5.47. The van der Waals surface area contributed by atoms with Crippen LogP contribution in [0.15, 0.2) is 46.3 Å². The summed E-state index contributed by atoms with van der Waals surface area (Å²) in [6.07, 6.45) is -3.15. The number of thioether (sulfide) groups is 1. The van der Waals surface area contributed by atoms with Crippen molar-refractivity contribution in [1.29, 1.82) is 0 Å². The fourth-order valence-corrected chi connectivity index (χ4v) is 2.96. The van der Waals surface area contributed by atoms with Gasteiger partial charge in [0.15, 0.2) is 0 Å². The van der Waals surface area contributed by atoms with Gasteiger partial charge in [0.25, 0.3) is 0 Å². The summed E-state index contributed by atoms with van der Waals surface area (Å²) in [4.78, 5) is 15.7. The molecule has 0 radical (unpaired) electrons. The van der Waals surface area contributed by atoms with E-state index in [9.17, 15) is 22.4 Å². The van der Waals surface area contributed by atoms with E-state index in [-0.39, 0.29) is 21.2 Å². The highest BCUT2D eigenvalue weighted by molar-refractivity contribution is 7.99. The molecule has 3 nitrogen and oxygen atoms in total. The highest BCUT2D eigenvalue weighted by Crippen LogP contribution is 2.36. The quantitative estimate of drug-likeness (QED) is 0.278. The van der Waals surface area contributed by atoms with Gasteiger partial charge < -0.3 is 4.74 Å². The summed E-state index contributed by atoms with van der Waals surface area (Å²) < 4.78 is 55.8. The molecule has 0 aliphatic rings. The molecule has 9 heteroatoms. The van der Waals surface area contributed by atoms with Crippen LogP contribution in [0, 0.1) is 5.82 Å². The molecule has 0 saturated heterocycles. The van der Waals surface area contributed by atoms with Crippen molar-refractivity contribution >= 4 is 41.2 Å². The van der Waals surface area contributed by atoms with Gasteiger partial charge in [-0.3, -0.25) is 4.99 Å². The van der Waals surface area contributed by atoms with Gasteiger partial charge in [-0.2, -0.15) is 13.2 Å². The Kier molecular flexibility index (Phi) is 6.66. The average Bonchev–Trinajstić information content (AvgIpc) is 2.59. The molecule has 0 aliphatic carbocycles. The van der Waals surface area contributed by atoms with Gasteiger partial charge in [0, 0.05) is 16.7 Å². The molecular weight excluding hydrogens is 394 g/mol. The van der Waals surface area contributed by atoms with Gasteiger partial charge in [-0.15, -0.1) is 11.8 Å². The molecule has 0 fully saturated rings. The number of aliphatic imine (C=N–C) groups is 1. The number of carbonyl (C=O) groups excluding carboxylic acids is 1. The van der Waals surface area contributed by atoms with Gasteiger partial charge in [0.1, 0.15) is 5.82 Å². The number of hydrogen-bond acceptors (Lipinski definition) is 4. The molecule has 0 N–H and O–H groups in total. The Hall–Kier alpha value is -2.06. The maximum atomic E-state index is 14.0. The van der Waals surface area contributed by atoms with E-state index in [0.29, 0.717) is 17.3 Å². The summed E-state index contributed by atoms with van der Waals surface area (Å²) >= 11 is 6.23. The SMILES string of the molecule is COC(=O)c1ccccc1C=Nc1cc(SCC(F)(F)F)c(Cl)cc1F. The zero-order valence-electron chi connectivity index (χ0n) is 13.3. The summed E-state index contributed by atoms with van der Waals surface area (Å²) in [7, 11) is 1.22. The predicted octanol–water partition coefficient (Wildman–Crippen LogP) is 5.67. The largest absolute Gasteiger partial charge is 0.465 e. The molecule has 26 heavy (non-hydrogen) atoms. The van der Waals surface area contributed by atoms with Crippen LogP contribution in [0.5, 0.6) is 0 Å². The van der Waals surface area contributed by atoms with Crippen molar-refractivity contribution in [3.8, 4) is 0 Å². The number of carbonyl (C=O) groups is 1. The number of nitrogens with zero attached hydrogens (tertiary/aromatic N) is 1. The second-order valence-electron chi connectivity index (χ2n) is 4.97. The van der Waals surface area contributed by atoms with Crippen molar-refractivity contribution in [3.63, 3.8) is 0 Å². The first-order valence-corrected chi connectivity index (χ1v) is 8.47. The fraction of sp³-hybridized carbons (Fsp3) is 0.176. The van der Waals surface area contributed by atoms with Crippen LogP contribution in [-0.4, -0.2) is 31.2 Å². The molecule has 2 aromatic rings. The van der Waals surface area contributed by atoms with Crippen LogP contribution in [0.2, 0.25) is 5.02 Å². The number of hydrogen-bond donors (Lipinski definition) is 0. The minimum Gasteiger partial charge on any atom is -0.465 e. The second kappa shape index (κ2) is 8.55. The molecule has 138 valence electrons. The monoisotopic (exact) mass is 405 g/mol. The topological polar surface area (TPSA) is 38.7 Å². The summed E-state index contributed by atoms with van der Waals surface area (Å²) in [5.41, 5.74) is 0.400. The summed E-state index contributed by atoms with van der Waals surface area (Å²) in [6.45, 7) is 0. The highest BCUT2D eigenvalue weighted by Gasteiger charge is 2.28. The van der Waals surface area contributed by atoms with Gasteiger partial charge in [-0.1, -0.05) is 29.8 Å². The smallest absolute Gasteiger partial charge is 0.398 e. The molecular formula is C17H12ClF4NO2S. The number of rotatable bonds is 5. The second-order valence-corrected chi connectivity index (χ2v) is 6.40. The lowest BCUT2D eigenvalue weighted by Crippen LogP contribution is -2.10. The highest BCUT2D eigenvalue weighted by atomic mass is 35.5. The molecule has 2 rings (SSSR count). The van der Waals surface area contributed by atoms with Crippen molar-refractivity contribution in [3.05, 3.63) is 58.4 Å². The molecule has 0 unspecified atom stereocenters. The van der Waals surface area contributed by atoms with Crippen molar-refractivity contribution in [2.45, 2.75) is 11.1 Å². The van der Waals surface area contributed by atoms with E-state index in [2.05, 4.69) is 9.73 Å². The molecule has 0 aliphatic heterocycles. The van der Waals surface area contributed by atoms with Gasteiger partial charge in [-0.05, 0) is 18.2 Å². The standard InChI is InChI=1S/C17H12ClF4NO2S/c1-25-16(24)11-5-3-2-4-10(11)8-23-14-7-15(12(18)6-13(14)19)26-9-17(20,21)22/h2-8H,9H2,1H3. The van der Waals surface area contributed by atoms with E-state index >= 15 is 0 Å². The summed E-state index contributed by atoms with van der Waals surface area (Å²) in [5, 5.41) is -0.134. The van der Waals surface area contributed by atoms with Crippen LogP contribution in [0.3, 0.4) is 0 Å². The predicted molar refractivity (Wildman–Crippen MR) is 93.2 cm³/mol. The number of ether oxygens (including phenoxy) is 1. The van der Waals surface area contributed by atoms with Crippen molar-refractivity contribution in [1.82, 2.24) is 0 Å². The van der Waals surface area contributed by atoms with Crippen LogP contribution in [0.4, 0.5) is 23.2 Å². The van der Waals surface area contributed by atoms with Crippen LogP contribution >= 0.6 is 23.4 Å². The van der Waals surface area contributed by atoms with Crippen LogP contribution in [0.1, 0.15) is 15.9 Å². The first-order valence-electron chi connectivity index (χ1n) is 7.11. The Morgan fingerprint density at radius 3 is 2.65 bits per heavy atom. The van der Waals surface area contributed by atoms with Gasteiger partial charge >= 0.3 is 12.1 Å². The van der Waals surface area contributed by atoms with Gasteiger partial charge in [0.05, 0.1) is 29.1 Å². The first-order chi connectivity index (χ1) is 12.2. The van der Waals surface area contributed by atoms with E-state index in [0.717, 1.165) is 12.1 Å². The molecule has 0 amide bonds. The summed E-state index contributed by atoms with van der Waals surface area (Å²) in [5.74, 6) is -2.55. The lowest BCUT2D eigenvalue weighted by atomic mass is 10.1. The number of halogens is 5. The average molecular weight is 406 g/mol. The van der Waals surface area contributed by atoms with E-state index < -0.39 is 23.7 Å². The van der Waals surface area contributed by atoms with Gasteiger partial charge in [0.2, 0.25) is 0 Å². The zero-order chi connectivity index (χ0) is 19.3. The fourth-order valence-electron chi connectivity index (χ4n) is 1.93. The Balaban J connectivity index is 2.32. The normalized spacial score (nSPS) is 11.8. The lowest BCUT2D eigenvalue weighted by molar-refractivity contribution is -0.105. The first kappa shape index (κ1) is 20.3. The Bertz CT molecular complexity index is 840. The van der Waals surface area contributed by atoms with E-state index in [4.69, 9.17) is 11.6 Å². The lowest BCUT2D eigenvalue weighted by Gasteiger charge is -2.09. The molecule has 0 bridgehead atoms. The number of benzene rings is 2. The van der Waals surface area contributed by atoms with E-state index in [1.165, 1.54) is 19.4 Å². The maximum absolute atomic E-state index is 14.0.